The molecule has 17 heavy (non-hydrogen) atoms. The minimum absolute atomic E-state index is 0.100. The van der Waals surface area contributed by atoms with Gasteiger partial charge in [0.15, 0.2) is 0 Å². The van der Waals surface area contributed by atoms with Crippen LogP contribution >= 0.6 is 0 Å². The van der Waals surface area contributed by atoms with Crippen LogP contribution in [0, 0.1) is 5.92 Å². The number of pyridine rings is 1. The van der Waals surface area contributed by atoms with Crippen LogP contribution in [0.25, 0.3) is 0 Å². The molecular formula is C12H17N3O2. The summed E-state index contributed by atoms with van der Waals surface area (Å²) in [6, 6.07) is 3.49. The maximum Gasteiger partial charge on any atom is 0.354 e. The summed E-state index contributed by atoms with van der Waals surface area (Å²) in [6.07, 6.45) is 3.69. The Bertz CT molecular complexity index is 400. The van der Waals surface area contributed by atoms with Crippen LogP contribution in [0.4, 0.5) is 5.69 Å². The van der Waals surface area contributed by atoms with Crippen molar-refractivity contribution in [2.45, 2.75) is 12.8 Å². The number of piperidine rings is 1. The molecule has 2 heterocycles. The van der Waals surface area contributed by atoms with E-state index in [1.165, 1.54) is 0 Å². The number of carboxylic acids is 1. The molecule has 0 spiro atoms. The van der Waals surface area contributed by atoms with Gasteiger partial charge in [-0.05, 0) is 37.4 Å². The van der Waals surface area contributed by atoms with E-state index in [-0.39, 0.29) is 5.69 Å². The van der Waals surface area contributed by atoms with Crippen LogP contribution < -0.4 is 10.6 Å². The Kier molecular flexibility index (Phi) is 3.58. The second-order valence-electron chi connectivity index (χ2n) is 4.37. The number of hydrogen-bond donors (Lipinski definition) is 2. The van der Waals surface area contributed by atoms with Gasteiger partial charge in [0.05, 0.1) is 0 Å². The number of aromatic carboxylic acids is 1. The number of rotatable bonds is 3. The Labute approximate surface area is 100 Å². The number of nitrogens with zero attached hydrogens (tertiary/aromatic N) is 2. The predicted molar refractivity (Wildman–Crippen MR) is 65.2 cm³/mol. The van der Waals surface area contributed by atoms with Crippen LogP contribution in [0.2, 0.25) is 0 Å². The smallest absolute Gasteiger partial charge is 0.354 e. The molecule has 0 amide bonds. The minimum Gasteiger partial charge on any atom is -0.477 e. The van der Waals surface area contributed by atoms with Gasteiger partial charge >= 0.3 is 5.97 Å². The summed E-state index contributed by atoms with van der Waals surface area (Å²) in [6.45, 7) is 2.61. The van der Waals surface area contributed by atoms with Crippen molar-refractivity contribution >= 4 is 11.7 Å². The highest BCUT2D eigenvalue weighted by molar-refractivity contribution is 5.86. The lowest BCUT2D eigenvalue weighted by atomic mass is 9.97. The molecule has 1 aromatic heterocycles. The lowest BCUT2D eigenvalue weighted by molar-refractivity contribution is 0.0690. The maximum absolute atomic E-state index is 10.8. The molecule has 0 bridgehead atoms. The van der Waals surface area contributed by atoms with E-state index in [0.29, 0.717) is 5.92 Å². The monoisotopic (exact) mass is 235 g/mol. The lowest BCUT2D eigenvalue weighted by Gasteiger charge is -2.33. The first-order valence-corrected chi connectivity index (χ1v) is 5.85. The van der Waals surface area contributed by atoms with Gasteiger partial charge in [0.25, 0.3) is 0 Å². The summed E-state index contributed by atoms with van der Waals surface area (Å²) in [5.41, 5.74) is 6.68. The van der Waals surface area contributed by atoms with E-state index in [1.807, 2.05) is 6.07 Å². The first-order chi connectivity index (χ1) is 8.20. The van der Waals surface area contributed by atoms with Crippen LogP contribution in [-0.4, -0.2) is 35.7 Å². The predicted octanol–water partition coefficient (Wildman–Crippen LogP) is 0.955. The summed E-state index contributed by atoms with van der Waals surface area (Å²) in [4.78, 5) is 16.9. The van der Waals surface area contributed by atoms with Crippen molar-refractivity contribution < 1.29 is 9.90 Å². The van der Waals surface area contributed by atoms with E-state index in [1.54, 1.807) is 12.3 Å². The highest BCUT2D eigenvalue weighted by atomic mass is 16.4. The average molecular weight is 235 g/mol. The van der Waals surface area contributed by atoms with Gasteiger partial charge < -0.3 is 15.7 Å². The number of carbonyl (C=O) groups is 1. The summed E-state index contributed by atoms with van der Waals surface area (Å²) in [5, 5.41) is 8.89. The normalized spacial score (nSPS) is 17.1. The fourth-order valence-corrected chi connectivity index (χ4v) is 2.16. The number of carboxylic acid groups (broad SMARTS) is 1. The number of hydrogen-bond acceptors (Lipinski definition) is 4. The van der Waals surface area contributed by atoms with Crippen molar-refractivity contribution in [3.8, 4) is 0 Å². The largest absolute Gasteiger partial charge is 0.477 e. The minimum atomic E-state index is -0.983. The first-order valence-electron chi connectivity index (χ1n) is 5.85. The van der Waals surface area contributed by atoms with E-state index in [0.717, 1.165) is 38.2 Å². The molecule has 0 unspecified atom stereocenters. The van der Waals surface area contributed by atoms with Gasteiger partial charge in [-0.3, -0.25) is 0 Å². The topological polar surface area (TPSA) is 79.5 Å². The van der Waals surface area contributed by atoms with E-state index in [4.69, 9.17) is 10.8 Å². The zero-order chi connectivity index (χ0) is 12.3. The Morgan fingerprint density at radius 2 is 2.24 bits per heavy atom. The Morgan fingerprint density at radius 3 is 2.82 bits per heavy atom. The van der Waals surface area contributed by atoms with Crippen LogP contribution in [0.15, 0.2) is 18.3 Å². The number of aromatic nitrogens is 1. The Balaban J connectivity index is 2.08. The Morgan fingerprint density at radius 1 is 1.53 bits per heavy atom. The zero-order valence-electron chi connectivity index (χ0n) is 9.67. The summed E-state index contributed by atoms with van der Waals surface area (Å²) < 4.78 is 0. The molecule has 0 saturated carbocycles. The quantitative estimate of drug-likeness (QED) is 0.815. The third kappa shape index (κ3) is 2.74. The van der Waals surface area contributed by atoms with E-state index >= 15 is 0 Å². The molecule has 5 nitrogen and oxygen atoms in total. The van der Waals surface area contributed by atoms with Crippen molar-refractivity contribution in [3.05, 3.63) is 24.0 Å². The SMILES string of the molecule is NCC1CCN(c2ccnc(C(=O)O)c2)CC1. The highest BCUT2D eigenvalue weighted by Crippen LogP contribution is 2.22. The molecule has 1 aliphatic heterocycles. The fraction of sp³-hybridized carbons (Fsp3) is 0.500. The molecule has 1 fully saturated rings. The van der Waals surface area contributed by atoms with E-state index in [9.17, 15) is 4.79 Å². The van der Waals surface area contributed by atoms with Crippen LogP contribution in [0.5, 0.6) is 0 Å². The first kappa shape index (κ1) is 11.9. The van der Waals surface area contributed by atoms with Gasteiger partial charge in [0, 0.05) is 25.0 Å². The van der Waals surface area contributed by atoms with Crippen molar-refractivity contribution in [1.29, 1.82) is 0 Å². The molecule has 92 valence electrons. The molecule has 3 N–H and O–H groups in total. The third-order valence-electron chi connectivity index (χ3n) is 3.28. The zero-order valence-corrected chi connectivity index (χ0v) is 9.67. The molecular weight excluding hydrogens is 218 g/mol. The van der Waals surface area contributed by atoms with Gasteiger partial charge in [-0.2, -0.15) is 0 Å². The molecule has 2 rings (SSSR count). The van der Waals surface area contributed by atoms with Crippen LogP contribution in [-0.2, 0) is 0 Å². The van der Waals surface area contributed by atoms with Crippen molar-refractivity contribution in [2.24, 2.45) is 11.7 Å². The molecule has 0 atom stereocenters. The second kappa shape index (κ2) is 5.14. The maximum atomic E-state index is 10.8. The fourth-order valence-electron chi connectivity index (χ4n) is 2.16. The molecule has 0 radical (unpaired) electrons. The lowest BCUT2D eigenvalue weighted by Crippen LogP contribution is -2.36. The third-order valence-corrected chi connectivity index (χ3v) is 3.28. The van der Waals surface area contributed by atoms with Gasteiger partial charge in [0.1, 0.15) is 5.69 Å². The Hall–Kier alpha value is -1.62. The van der Waals surface area contributed by atoms with Crippen LogP contribution in [0.1, 0.15) is 23.3 Å². The summed E-state index contributed by atoms with van der Waals surface area (Å²) in [7, 11) is 0. The molecule has 1 aromatic rings. The van der Waals surface area contributed by atoms with Crippen molar-refractivity contribution in [2.75, 3.05) is 24.5 Å². The van der Waals surface area contributed by atoms with Crippen molar-refractivity contribution in [3.63, 3.8) is 0 Å². The molecule has 0 aromatic carbocycles. The van der Waals surface area contributed by atoms with Gasteiger partial charge in [-0.25, -0.2) is 9.78 Å². The number of anilines is 1. The van der Waals surface area contributed by atoms with Gasteiger partial charge in [0.2, 0.25) is 0 Å². The summed E-state index contributed by atoms with van der Waals surface area (Å²) >= 11 is 0. The van der Waals surface area contributed by atoms with Crippen molar-refractivity contribution in [1.82, 2.24) is 4.98 Å². The molecule has 1 saturated heterocycles. The summed E-state index contributed by atoms with van der Waals surface area (Å²) in [5.74, 6) is -0.379. The van der Waals surface area contributed by atoms with Gasteiger partial charge in [-0.1, -0.05) is 0 Å². The van der Waals surface area contributed by atoms with E-state index < -0.39 is 5.97 Å². The molecule has 1 aliphatic rings. The average Bonchev–Trinajstić information content (AvgIpc) is 2.39. The van der Waals surface area contributed by atoms with E-state index in [2.05, 4.69) is 9.88 Å². The molecule has 5 heteroatoms. The van der Waals surface area contributed by atoms with Gasteiger partial charge in [-0.15, -0.1) is 0 Å². The van der Waals surface area contributed by atoms with Crippen LogP contribution in [0.3, 0.4) is 0 Å². The number of nitrogens with two attached hydrogens (primary N) is 1. The standard InChI is InChI=1S/C12H17N3O2/c13-8-9-2-5-15(6-3-9)10-1-4-14-11(7-10)12(16)17/h1,4,7,9H,2-3,5-6,8,13H2,(H,16,17). The molecule has 0 aliphatic carbocycles. The highest BCUT2D eigenvalue weighted by Gasteiger charge is 2.19. The second-order valence-corrected chi connectivity index (χ2v) is 4.37.